The SMILES string of the molecule is COc1cccc(OC)c1C(=O)Nc1ccc2c(c1)CCN2C(=O)c1ccco1. The Labute approximate surface area is 167 Å². The number of nitrogens with zero attached hydrogens (tertiary/aromatic N) is 1. The minimum Gasteiger partial charge on any atom is -0.496 e. The first-order chi connectivity index (χ1) is 14.1. The van der Waals surface area contributed by atoms with Crippen molar-refractivity contribution in [3.8, 4) is 11.5 Å². The molecule has 0 atom stereocenters. The maximum absolute atomic E-state index is 12.9. The fourth-order valence-electron chi connectivity index (χ4n) is 3.49. The van der Waals surface area contributed by atoms with Crippen LogP contribution >= 0.6 is 0 Å². The fourth-order valence-corrected chi connectivity index (χ4v) is 3.49. The van der Waals surface area contributed by atoms with E-state index >= 15 is 0 Å². The highest BCUT2D eigenvalue weighted by Gasteiger charge is 2.27. The smallest absolute Gasteiger partial charge is 0.293 e. The van der Waals surface area contributed by atoms with Crippen LogP contribution in [0.4, 0.5) is 11.4 Å². The molecule has 0 unspecified atom stereocenters. The fraction of sp³-hybridized carbons (Fsp3) is 0.182. The number of ether oxygens (including phenoxy) is 2. The average molecular weight is 392 g/mol. The van der Waals surface area contributed by atoms with Crippen molar-refractivity contribution in [2.24, 2.45) is 0 Å². The zero-order chi connectivity index (χ0) is 20.4. The van der Waals surface area contributed by atoms with Gasteiger partial charge < -0.3 is 24.1 Å². The van der Waals surface area contributed by atoms with Gasteiger partial charge in [-0.25, -0.2) is 0 Å². The van der Waals surface area contributed by atoms with Gasteiger partial charge in [-0.05, 0) is 54.4 Å². The van der Waals surface area contributed by atoms with E-state index in [1.165, 1.54) is 20.5 Å². The van der Waals surface area contributed by atoms with Crippen molar-refractivity contribution in [1.82, 2.24) is 0 Å². The summed E-state index contributed by atoms with van der Waals surface area (Å²) in [6, 6.07) is 14.0. The van der Waals surface area contributed by atoms with Gasteiger partial charge in [0, 0.05) is 17.9 Å². The quantitative estimate of drug-likeness (QED) is 0.715. The average Bonchev–Trinajstić information content (AvgIpc) is 3.42. The Morgan fingerprint density at radius 2 is 1.79 bits per heavy atom. The van der Waals surface area contributed by atoms with Crippen LogP contribution in [0.5, 0.6) is 11.5 Å². The molecule has 1 aliphatic heterocycles. The summed E-state index contributed by atoms with van der Waals surface area (Å²) in [5, 5.41) is 2.89. The van der Waals surface area contributed by atoms with Gasteiger partial charge in [0.05, 0.1) is 20.5 Å². The van der Waals surface area contributed by atoms with Gasteiger partial charge in [-0.2, -0.15) is 0 Å². The van der Waals surface area contributed by atoms with Crippen LogP contribution in [-0.2, 0) is 6.42 Å². The zero-order valence-corrected chi connectivity index (χ0v) is 16.1. The second-order valence-electron chi connectivity index (χ2n) is 6.52. The van der Waals surface area contributed by atoms with E-state index < -0.39 is 0 Å². The van der Waals surface area contributed by atoms with Gasteiger partial charge in [0.15, 0.2) is 5.76 Å². The number of carbonyl (C=O) groups excluding carboxylic acids is 2. The van der Waals surface area contributed by atoms with Crippen molar-refractivity contribution in [1.29, 1.82) is 0 Å². The van der Waals surface area contributed by atoms with E-state index in [2.05, 4.69) is 5.32 Å². The number of anilines is 2. The Morgan fingerprint density at radius 1 is 1.03 bits per heavy atom. The van der Waals surface area contributed by atoms with Crippen LogP contribution in [0.25, 0.3) is 0 Å². The maximum atomic E-state index is 12.9. The lowest BCUT2D eigenvalue weighted by atomic mass is 10.1. The van der Waals surface area contributed by atoms with Gasteiger partial charge in [0.25, 0.3) is 11.8 Å². The van der Waals surface area contributed by atoms with E-state index in [-0.39, 0.29) is 11.8 Å². The summed E-state index contributed by atoms with van der Waals surface area (Å²) in [7, 11) is 3.01. The van der Waals surface area contributed by atoms with Crippen LogP contribution in [0.1, 0.15) is 26.5 Å². The van der Waals surface area contributed by atoms with Gasteiger partial charge in [0.2, 0.25) is 0 Å². The molecule has 1 aliphatic rings. The third kappa shape index (κ3) is 3.42. The summed E-state index contributed by atoms with van der Waals surface area (Å²) < 4.78 is 15.8. The molecular formula is C22H20N2O5. The van der Waals surface area contributed by atoms with Crippen LogP contribution in [-0.4, -0.2) is 32.6 Å². The van der Waals surface area contributed by atoms with Crippen molar-refractivity contribution in [2.75, 3.05) is 31.0 Å². The number of hydrogen-bond donors (Lipinski definition) is 1. The van der Waals surface area contributed by atoms with Crippen LogP contribution in [0, 0.1) is 0 Å². The molecule has 0 radical (unpaired) electrons. The van der Waals surface area contributed by atoms with E-state index in [4.69, 9.17) is 13.9 Å². The molecule has 7 heteroatoms. The van der Waals surface area contributed by atoms with Crippen molar-refractivity contribution < 1.29 is 23.5 Å². The molecule has 1 aromatic heterocycles. The number of fused-ring (bicyclic) bond motifs is 1. The number of hydrogen-bond acceptors (Lipinski definition) is 5. The first kappa shape index (κ1) is 18.6. The molecule has 0 aliphatic carbocycles. The molecule has 0 bridgehead atoms. The molecule has 0 spiro atoms. The Hall–Kier alpha value is -3.74. The monoisotopic (exact) mass is 392 g/mol. The summed E-state index contributed by atoms with van der Waals surface area (Å²) in [5.41, 5.74) is 2.76. The number of amides is 2. The summed E-state index contributed by atoms with van der Waals surface area (Å²) in [5.74, 6) is 0.653. The van der Waals surface area contributed by atoms with Gasteiger partial charge in [-0.1, -0.05) is 6.07 Å². The standard InChI is InChI=1S/C22H20N2O5/c1-27-17-5-3-6-18(28-2)20(17)21(25)23-15-8-9-16-14(13-15)10-11-24(16)22(26)19-7-4-12-29-19/h3-9,12-13H,10-11H2,1-2H3,(H,23,25). The van der Waals surface area contributed by atoms with E-state index in [9.17, 15) is 9.59 Å². The van der Waals surface area contributed by atoms with E-state index in [0.29, 0.717) is 41.5 Å². The number of nitrogens with one attached hydrogen (secondary N) is 1. The predicted molar refractivity (Wildman–Crippen MR) is 108 cm³/mol. The molecular weight excluding hydrogens is 372 g/mol. The lowest BCUT2D eigenvalue weighted by molar-refractivity contribution is 0.0961. The number of benzene rings is 2. The largest absolute Gasteiger partial charge is 0.496 e. The highest BCUT2D eigenvalue weighted by atomic mass is 16.5. The number of furan rings is 1. The van der Waals surface area contributed by atoms with Crippen molar-refractivity contribution >= 4 is 23.2 Å². The van der Waals surface area contributed by atoms with Crippen molar-refractivity contribution in [3.05, 3.63) is 71.7 Å². The number of carbonyl (C=O) groups is 2. The Balaban J connectivity index is 1.57. The molecule has 0 saturated heterocycles. The summed E-state index contributed by atoms with van der Waals surface area (Å²) in [6.07, 6.45) is 2.18. The lowest BCUT2D eigenvalue weighted by Crippen LogP contribution is -2.28. The van der Waals surface area contributed by atoms with Gasteiger partial charge in [-0.3, -0.25) is 9.59 Å². The highest BCUT2D eigenvalue weighted by molar-refractivity contribution is 6.09. The molecule has 2 aromatic carbocycles. The van der Waals surface area contributed by atoms with Gasteiger partial charge in [-0.15, -0.1) is 0 Å². The minimum absolute atomic E-state index is 0.177. The molecule has 0 fully saturated rings. The van der Waals surface area contributed by atoms with E-state index in [1.54, 1.807) is 41.3 Å². The molecule has 148 valence electrons. The van der Waals surface area contributed by atoms with Crippen molar-refractivity contribution in [3.63, 3.8) is 0 Å². The molecule has 2 heterocycles. The second-order valence-corrected chi connectivity index (χ2v) is 6.52. The Kier molecular flexibility index (Phi) is 4.95. The Morgan fingerprint density at radius 3 is 2.45 bits per heavy atom. The topological polar surface area (TPSA) is 81.0 Å². The summed E-state index contributed by atoms with van der Waals surface area (Å²) >= 11 is 0. The minimum atomic E-state index is -0.333. The highest BCUT2D eigenvalue weighted by Crippen LogP contribution is 2.33. The molecule has 4 rings (SSSR count). The Bertz CT molecular complexity index is 1040. The maximum Gasteiger partial charge on any atom is 0.293 e. The molecule has 7 nitrogen and oxygen atoms in total. The summed E-state index contributed by atoms with van der Waals surface area (Å²) in [6.45, 7) is 0.562. The number of methoxy groups -OCH3 is 2. The first-order valence-electron chi connectivity index (χ1n) is 9.13. The normalized spacial score (nSPS) is 12.4. The predicted octanol–water partition coefficient (Wildman–Crippen LogP) is 3.75. The second kappa shape index (κ2) is 7.71. The van der Waals surface area contributed by atoms with Crippen LogP contribution < -0.4 is 19.7 Å². The van der Waals surface area contributed by atoms with Crippen LogP contribution in [0.15, 0.2) is 59.2 Å². The lowest BCUT2D eigenvalue weighted by Gasteiger charge is -2.16. The van der Waals surface area contributed by atoms with Crippen LogP contribution in [0.2, 0.25) is 0 Å². The van der Waals surface area contributed by atoms with E-state index in [0.717, 1.165) is 11.3 Å². The number of rotatable bonds is 5. The summed E-state index contributed by atoms with van der Waals surface area (Å²) in [4.78, 5) is 27.1. The molecule has 3 aromatic rings. The van der Waals surface area contributed by atoms with Gasteiger partial charge >= 0.3 is 0 Å². The zero-order valence-electron chi connectivity index (χ0n) is 16.1. The molecule has 0 saturated carbocycles. The van der Waals surface area contributed by atoms with E-state index in [1.807, 2.05) is 12.1 Å². The first-order valence-corrected chi connectivity index (χ1v) is 9.13. The molecule has 2 amide bonds. The molecule has 29 heavy (non-hydrogen) atoms. The molecule has 1 N–H and O–H groups in total. The third-order valence-electron chi connectivity index (χ3n) is 4.86. The third-order valence-corrected chi connectivity index (χ3v) is 4.86. The van der Waals surface area contributed by atoms with Crippen LogP contribution in [0.3, 0.4) is 0 Å². The van der Waals surface area contributed by atoms with Crippen molar-refractivity contribution in [2.45, 2.75) is 6.42 Å². The van der Waals surface area contributed by atoms with Gasteiger partial charge in [0.1, 0.15) is 17.1 Å².